The monoisotopic (exact) mass is 375 g/mol. The number of sulfonamides is 1. The zero-order valence-corrected chi connectivity index (χ0v) is 14.7. The van der Waals surface area contributed by atoms with Crippen molar-refractivity contribution < 1.29 is 18.3 Å². The SMILES string of the molecule is CC1(C)C(NS(=O)(=O)c2ccc(C(=O)O)cc2Br)C1(C)C. The Morgan fingerprint density at radius 1 is 1.24 bits per heavy atom. The van der Waals surface area contributed by atoms with Gasteiger partial charge in [0.2, 0.25) is 10.0 Å². The van der Waals surface area contributed by atoms with Gasteiger partial charge in [0.15, 0.2) is 0 Å². The molecule has 0 radical (unpaired) electrons. The van der Waals surface area contributed by atoms with Gasteiger partial charge in [0, 0.05) is 10.5 Å². The van der Waals surface area contributed by atoms with Gasteiger partial charge in [-0.3, -0.25) is 0 Å². The van der Waals surface area contributed by atoms with E-state index in [0.717, 1.165) is 0 Å². The highest BCUT2D eigenvalue weighted by Crippen LogP contribution is 2.63. The molecule has 116 valence electrons. The first-order valence-corrected chi connectivity index (χ1v) is 8.74. The zero-order valence-electron chi connectivity index (χ0n) is 12.3. The number of hydrogen-bond donors (Lipinski definition) is 2. The van der Waals surface area contributed by atoms with E-state index in [1.54, 1.807) is 0 Å². The summed E-state index contributed by atoms with van der Waals surface area (Å²) in [7, 11) is -3.70. The summed E-state index contributed by atoms with van der Waals surface area (Å²) in [5.74, 6) is -1.10. The molecule has 0 saturated heterocycles. The van der Waals surface area contributed by atoms with Gasteiger partial charge in [-0.2, -0.15) is 0 Å². The van der Waals surface area contributed by atoms with Gasteiger partial charge in [0.1, 0.15) is 0 Å². The van der Waals surface area contributed by atoms with Crippen LogP contribution >= 0.6 is 15.9 Å². The number of benzene rings is 1. The van der Waals surface area contributed by atoms with Gasteiger partial charge in [-0.05, 0) is 45.0 Å². The highest BCUT2D eigenvalue weighted by Gasteiger charge is 2.66. The van der Waals surface area contributed by atoms with Crippen molar-refractivity contribution >= 4 is 31.9 Å². The van der Waals surface area contributed by atoms with Gasteiger partial charge in [0.25, 0.3) is 0 Å². The molecule has 1 aliphatic rings. The Hall–Kier alpha value is -0.920. The maximum atomic E-state index is 12.5. The highest BCUT2D eigenvalue weighted by atomic mass is 79.9. The predicted octanol–water partition coefficient (Wildman–Crippen LogP) is 2.86. The van der Waals surface area contributed by atoms with E-state index in [0.29, 0.717) is 0 Å². The van der Waals surface area contributed by atoms with E-state index in [2.05, 4.69) is 20.7 Å². The van der Waals surface area contributed by atoms with Gasteiger partial charge >= 0.3 is 5.97 Å². The molecule has 0 bridgehead atoms. The van der Waals surface area contributed by atoms with Gasteiger partial charge < -0.3 is 5.11 Å². The minimum absolute atomic E-state index is 0.0351. The third-order valence-electron chi connectivity index (χ3n) is 4.76. The summed E-state index contributed by atoms with van der Waals surface area (Å²) in [4.78, 5) is 10.9. The molecule has 1 aromatic carbocycles. The number of aromatic carboxylic acids is 1. The molecule has 21 heavy (non-hydrogen) atoms. The van der Waals surface area contributed by atoms with Crippen LogP contribution in [0.4, 0.5) is 0 Å². The van der Waals surface area contributed by atoms with Crippen molar-refractivity contribution in [3.63, 3.8) is 0 Å². The van der Waals surface area contributed by atoms with Crippen LogP contribution in [0.1, 0.15) is 38.1 Å². The summed E-state index contributed by atoms with van der Waals surface area (Å²) in [6, 6.07) is 3.73. The molecular weight excluding hydrogens is 358 g/mol. The number of hydrogen-bond acceptors (Lipinski definition) is 3. The fourth-order valence-electron chi connectivity index (χ4n) is 2.56. The molecule has 0 aromatic heterocycles. The van der Waals surface area contributed by atoms with Gasteiger partial charge in [-0.15, -0.1) is 0 Å². The van der Waals surface area contributed by atoms with Crippen molar-refractivity contribution in [1.29, 1.82) is 0 Å². The van der Waals surface area contributed by atoms with E-state index in [1.807, 2.05) is 27.7 Å². The van der Waals surface area contributed by atoms with Crippen molar-refractivity contribution in [2.24, 2.45) is 10.8 Å². The van der Waals surface area contributed by atoms with E-state index >= 15 is 0 Å². The lowest BCUT2D eigenvalue weighted by Crippen LogP contribution is -2.30. The van der Waals surface area contributed by atoms with Crippen LogP contribution < -0.4 is 4.72 Å². The number of carboxylic acids is 1. The molecular formula is C14H18BrNO4S. The summed E-state index contributed by atoms with van der Waals surface area (Å²) in [5, 5.41) is 8.91. The summed E-state index contributed by atoms with van der Waals surface area (Å²) in [6.07, 6.45) is 0. The van der Waals surface area contributed by atoms with E-state index in [4.69, 9.17) is 5.11 Å². The maximum absolute atomic E-state index is 12.5. The first kappa shape index (κ1) is 16.5. The fraction of sp³-hybridized carbons (Fsp3) is 0.500. The molecule has 1 fully saturated rings. The molecule has 0 aliphatic heterocycles. The molecule has 0 amide bonds. The minimum atomic E-state index is -3.70. The molecule has 0 atom stereocenters. The topological polar surface area (TPSA) is 83.5 Å². The van der Waals surface area contributed by atoms with Crippen LogP contribution in [0, 0.1) is 10.8 Å². The van der Waals surface area contributed by atoms with Crippen molar-refractivity contribution in [2.45, 2.75) is 38.6 Å². The second kappa shape index (κ2) is 4.79. The van der Waals surface area contributed by atoms with Crippen LogP contribution in [0.3, 0.4) is 0 Å². The Bertz CT molecular complexity index is 696. The molecule has 0 heterocycles. The molecule has 1 saturated carbocycles. The third-order valence-corrected chi connectivity index (χ3v) is 7.16. The summed E-state index contributed by atoms with van der Waals surface area (Å²) >= 11 is 3.14. The highest BCUT2D eigenvalue weighted by molar-refractivity contribution is 9.10. The molecule has 0 unspecified atom stereocenters. The van der Waals surface area contributed by atoms with Gasteiger partial charge in [0.05, 0.1) is 10.5 Å². The summed E-state index contributed by atoms with van der Waals surface area (Å²) in [5.41, 5.74) is -0.200. The number of carbonyl (C=O) groups is 1. The van der Waals surface area contributed by atoms with Crippen molar-refractivity contribution in [1.82, 2.24) is 4.72 Å². The first-order chi connectivity index (χ1) is 9.41. The number of nitrogens with one attached hydrogen (secondary N) is 1. The van der Waals surface area contributed by atoms with E-state index in [1.165, 1.54) is 18.2 Å². The molecule has 5 nitrogen and oxygen atoms in total. The zero-order chi connectivity index (χ0) is 16.2. The average molecular weight is 376 g/mol. The van der Waals surface area contributed by atoms with Crippen LogP contribution in [-0.4, -0.2) is 25.5 Å². The van der Waals surface area contributed by atoms with Crippen molar-refractivity contribution in [3.05, 3.63) is 28.2 Å². The van der Waals surface area contributed by atoms with Crippen LogP contribution in [0.15, 0.2) is 27.6 Å². The summed E-state index contributed by atoms with van der Waals surface area (Å²) < 4.78 is 27.9. The number of rotatable bonds is 4. The first-order valence-electron chi connectivity index (χ1n) is 6.46. The molecule has 1 aromatic rings. The molecule has 0 spiro atoms. The van der Waals surface area contributed by atoms with E-state index in [-0.39, 0.29) is 31.8 Å². The second-order valence-electron chi connectivity index (χ2n) is 6.45. The van der Waals surface area contributed by atoms with Gasteiger partial charge in [-0.1, -0.05) is 27.7 Å². The lowest BCUT2D eigenvalue weighted by atomic mass is 10.0. The Kier molecular flexibility index (Phi) is 3.75. The normalized spacial score (nSPS) is 20.2. The quantitative estimate of drug-likeness (QED) is 0.847. The third kappa shape index (κ3) is 2.62. The Balaban J connectivity index is 2.32. The fourth-order valence-corrected chi connectivity index (χ4v) is 5.17. The second-order valence-corrected chi connectivity index (χ2v) is 8.98. The number of carboxylic acid groups (broad SMARTS) is 1. The van der Waals surface area contributed by atoms with Crippen molar-refractivity contribution in [3.8, 4) is 0 Å². The lowest BCUT2D eigenvalue weighted by Gasteiger charge is -2.10. The minimum Gasteiger partial charge on any atom is -0.478 e. The molecule has 1 aliphatic carbocycles. The average Bonchev–Trinajstić information content (AvgIpc) is 2.70. The van der Waals surface area contributed by atoms with E-state index in [9.17, 15) is 13.2 Å². The van der Waals surface area contributed by atoms with E-state index < -0.39 is 16.0 Å². The maximum Gasteiger partial charge on any atom is 0.335 e. The Morgan fingerprint density at radius 3 is 2.14 bits per heavy atom. The molecule has 7 heteroatoms. The Morgan fingerprint density at radius 2 is 1.76 bits per heavy atom. The Labute approximate surface area is 132 Å². The largest absolute Gasteiger partial charge is 0.478 e. The van der Waals surface area contributed by atoms with Crippen LogP contribution in [0.25, 0.3) is 0 Å². The smallest absolute Gasteiger partial charge is 0.335 e. The lowest BCUT2D eigenvalue weighted by molar-refractivity contribution is 0.0696. The van der Waals surface area contributed by atoms with Gasteiger partial charge in [-0.25, -0.2) is 17.9 Å². The standard InChI is InChI=1S/C14H18BrNO4S/c1-13(2)12(14(13,3)4)16-21(19,20)10-6-5-8(11(17)18)7-9(10)15/h5-7,12,16H,1-4H3,(H,17,18). The van der Waals surface area contributed by atoms with Crippen LogP contribution in [-0.2, 0) is 10.0 Å². The van der Waals surface area contributed by atoms with Crippen molar-refractivity contribution in [2.75, 3.05) is 0 Å². The number of halogens is 1. The molecule has 2 N–H and O–H groups in total. The predicted molar refractivity (Wildman–Crippen MR) is 82.8 cm³/mol. The molecule has 2 rings (SSSR count). The van der Waals surface area contributed by atoms with Crippen LogP contribution in [0.2, 0.25) is 0 Å². The van der Waals surface area contributed by atoms with Crippen LogP contribution in [0.5, 0.6) is 0 Å². The summed E-state index contributed by atoms with van der Waals surface area (Å²) in [6.45, 7) is 8.07.